The van der Waals surface area contributed by atoms with Gasteiger partial charge in [-0.25, -0.2) is 12.7 Å². The van der Waals surface area contributed by atoms with Gasteiger partial charge in [-0.3, -0.25) is 9.78 Å². The third-order valence-corrected chi connectivity index (χ3v) is 6.14. The molecule has 2 rings (SSSR count). The molecular weight excluding hydrogens is 367 g/mol. The van der Waals surface area contributed by atoms with Crippen LogP contribution < -0.4 is 5.32 Å². The van der Waals surface area contributed by atoms with E-state index in [0.29, 0.717) is 24.6 Å². The van der Waals surface area contributed by atoms with Gasteiger partial charge in [0.05, 0.1) is 11.3 Å². The summed E-state index contributed by atoms with van der Waals surface area (Å²) in [5.74, 6) is 0.0529. The standard InChI is InChI=1S/C13H16F3N3O3S2/c14-13(15,16)11-10(2-1-3-17-11)12(20)18-4-9-24(21,22)19-5-7-23-8-6-19/h1-3H,4-9H2,(H,18,20). The third kappa shape index (κ3) is 4.84. The van der Waals surface area contributed by atoms with Gasteiger partial charge in [-0.1, -0.05) is 0 Å². The zero-order chi connectivity index (χ0) is 17.8. The number of sulfonamides is 1. The van der Waals surface area contributed by atoms with Crippen molar-refractivity contribution in [2.45, 2.75) is 6.18 Å². The molecule has 1 aliphatic heterocycles. The minimum Gasteiger partial charge on any atom is -0.351 e. The predicted octanol–water partition coefficient (Wildman–Crippen LogP) is 1.21. The molecule has 0 atom stereocenters. The first-order valence-electron chi connectivity index (χ1n) is 7.08. The van der Waals surface area contributed by atoms with Crippen LogP contribution in [0.4, 0.5) is 13.2 Å². The molecule has 1 aliphatic rings. The lowest BCUT2D eigenvalue weighted by molar-refractivity contribution is -0.141. The van der Waals surface area contributed by atoms with Crippen molar-refractivity contribution in [3.8, 4) is 0 Å². The van der Waals surface area contributed by atoms with Crippen LogP contribution in [-0.4, -0.2) is 60.5 Å². The van der Waals surface area contributed by atoms with Gasteiger partial charge in [0.15, 0.2) is 5.69 Å². The minimum absolute atomic E-state index is 0.267. The van der Waals surface area contributed by atoms with Crippen molar-refractivity contribution in [3.05, 3.63) is 29.6 Å². The summed E-state index contributed by atoms with van der Waals surface area (Å²) >= 11 is 1.66. The first kappa shape index (κ1) is 19.0. The Morgan fingerprint density at radius 3 is 2.62 bits per heavy atom. The van der Waals surface area contributed by atoms with Crippen LogP contribution >= 0.6 is 11.8 Å². The molecule has 1 aromatic heterocycles. The van der Waals surface area contributed by atoms with Crippen LogP contribution in [0.3, 0.4) is 0 Å². The summed E-state index contributed by atoms with van der Waals surface area (Å²) in [6.45, 7) is 0.542. The molecule has 0 aliphatic carbocycles. The minimum atomic E-state index is -4.76. The number of carbonyl (C=O) groups excluding carboxylic acids is 1. The molecule has 0 aromatic carbocycles. The Morgan fingerprint density at radius 1 is 1.33 bits per heavy atom. The number of nitrogens with zero attached hydrogens (tertiary/aromatic N) is 2. The summed E-state index contributed by atoms with van der Waals surface area (Å²) in [5, 5.41) is 2.22. The van der Waals surface area contributed by atoms with Crippen LogP contribution in [0, 0.1) is 0 Å². The number of hydrogen-bond acceptors (Lipinski definition) is 5. The molecule has 1 saturated heterocycles. The summed E-state index contributed by atoms with van der Waals surface area (Å²) in [4.78, 5) is 15.1. The summed E-state index contributed by atoms with van der Waals surface area (Å²) < 4.78 is 64.0. The molecule has 0 unspecified atom stereocenters. The van der Waals surface area contributed by atoms with E-state index in [1.54, 1.807) is 11.8 Å². The topological polar surface area (TPSA) is 79.4 Å². The van der Waals surface area contributed by atoms with Crippen molar-refractivity contribution in [1.29, 1.82) is 0 Å². The van der Waals surface area contributed by atoms with Crippen molar-refractivity contribution in [3.63, 3.8) is 0 Å². The number of thioether (sulfide) groups is 1. The number of nitrogens with one attached hydrogen (secondary N) is 1. The first-order valence-corrected chi connectivity index (χ1v) is 9.84. The zero-order valence-electron chi connectivity index (χ0n) is 12.5. The highest BCUT2D eigenvalue weighted by atomic mass is 32.2. The van der Waals surface area contributed by atoms with E-state index < -0.39 is 33.4 Å². The van der Waals surface area contributed by atoms with Crippen molar-refractivity contribution >= 4 is 27.7 Å². The molecular formula is C13H16F3N3O3S2. The highest BCUT2D eigenvalue weighted by molar-refractivity contribution is 7.99. The van der Waals surface area contributed by atoms with Crippen LogP contribution in [-0.2, 0) is 16.2 Å². The second-order valence-electron chi connectivity index (χ2n) is 4.98. The van der Waals surface area contributed by atoms with E-state index in [-0.39, 0.29) is 12.3 Å². The highest BCUT2D eigenvalue weighted by Crippen LogP contribution is 2.29. The lowest BCUT2D eigenvalue weighted by Gasteiger charge is -2.25. The molecule has 0 bridgehead atoms. The second kappa shape index (κ2) is 7.70. The summed E-state index contributed by atoms with van der Waals surface area (Å²) in [5.41, 5.74) is -1.92. The maximum absolute atomic E-state index is 12.8. The fourth-order valence-electron chi connectivity index (χ4n) is 2.16. The van der Waals surface area contributed by atoms with Gasteiger partial charge in [-0.05, 0) is 12.1 Å². The van der Waals surface area contributed by atoms with E-state index >= 15 is 0 Å². The lowest BCUT2D eigenvalue weighted by Crippen LogP contribution is -2.42. The van der Waals surface area contributed by atoms with Gasteiger partial charge in [0.1, 0.15) is 0 Å². The molecule has 6 nitrogen and oxygen atoms in total. The largest absolute Gasteiger partial charge is 0.434 e. The molecule has 0 spiro atoms. The third-order valence-electron chi connectivity index (χ3n) is 3.33. The Morgan fingerprint density at radius 2 is 2.00 bits per heavy atom. The van der Waals surface area contributed by atoms with Gasteiger partial charge in [-0.2, -0.15) is 24.9 Å². The average molecular weight is 383 g/mol. The molecule has 1 aromatic rings. The SMILES string of the molecule is O=C(NCCS(=O)(=O)N1CCSCC1)c1cccnc1C(F)(F)F. The molecule has 134 valence electrons. The van der Waals surface area contributed by atoms with Crippen molar-refractivity contribution in [2.24, 2.45) is 0 Å². The normalized spacial score (nSPS) is 16.8. The van der Waals surface area contributed by atoms with E-state index in [9.17, 15) is 26.4 Å². The average Bonchev–Trinajstić information content (AvgIpc) is 2.54. The molecule has 2 heterocycles. The number of pyridine rings is 1. The molecule has 1 amide bonds. The number of hydrogen-bond donors (Lipinski definition) is 1. The number of amides is 1. The van der Waals surface area contributed by atoms with Gasteiger partial charge in [0.25, 0.3) is 5.91 Å². The Kier molecular flexibility index (Phi) is 6.10. The number of carbonyl (C=O) groups is 1. The predicted molar refractivity (Wildman–Crippen MR) is 84.3 cm³/mol. The highest BCUT2D eigenvalue weighted by Gasteiger charge is 2.37. The monoisotopic (exact) mass is 383 g/mol. The first-order chi connectivity index (χ1) is 11.2. The van der Waals surface area contributed by atoms with Gasteiger partial charge in [0.2, 0.25) is 10.0 Å². The maximum atomic E-state index is 12.8. The van der Waals surface area contributed by atoms with Crippen molar-refractivity contribution in [2.75, 3.05) is 36.9 Å². The Balaban J connectivity index is 1.97. The summed E-state index contributed by atoms with van der Waals surface area (Å²) in [6.07, 6.45) is -3.82. The molecule has 1 N–H and O–H groups in total. The molecule has 1 fully saturated rings. The quantitative estimate of drug-likeness (QED) is 0.827. The fraction of sp³-hybridized carbons (Fsp3) is 0.538. The number of rotatable bonds is 5. The maximum Gasteiger partial charge on any atom is 0.434 e. The second-order valence-corrected chi connectivity index (χ2v) is 8.29. The number of alkyl halides is 3. The van der Waals surface area contributed by atoms with Crippen molar-refractivity contribution < 1.29 is 26.4 Å². The fourth-order valence-corrected chi connectivity index (χ4v) is 4.65. The van der Waals surface area contributed by atoms with Crippen molar-refractivity contribution in [1.82, 2.24) is 14.6 Å². The van der Waals surface area contributed by atoms with Gasteiger partial charge >= 0.3 is 6.18 Å². The van der Waals surface area contributed by atoms with Crippen LogP contribution in [0.25, 0.3) is 0 Å². The van der Waals surface area contributed by atoms with E-state index in [0.717, 1.165) is 12.3 Å². The van der Waals surface area contributed by atoms with Gasteiger partial charge < -0.3 is 5.32 Å². The van der Waals surface area contributed by atoms with Crippen LogP contribution in [0.15, 0.2) is 18.3 Å². The number of halogens is 3. The Bertz CT molecular complexity index is 689. The zero-order valence-corrected chi connectivity index (χ0v) is 14.2. The summed E-state index contributed by atoms with van der Waals surface area (Å²) in [7, 11) is -3.53. The molecule has 0 saturated carbocycles. The van der Waals surface area contributed by atoms with Crippen LogP contribution in [0.1, 0.15) is 16.1 Å². The molecule has 11 heteroatoms. The van der Waals surface area contributed by atoms with Gasteiger partial charge in [-0.15, -0.1) is 0 Å². The molecule has 24 heavy (non-hydrogen) atoms. The van der Waals surface area contributed by atoms with Crippen LogP contribution in [0.2, 0.25) is 0 Å². The Hall–Kier alpha value is -1.33. The number of aromatic nitrogens is 1. The Labute approximate surface area is 141 Å². The van der Waals surface area contributed by atoms with Crippen LogP contribution in [0.5, 0.6) is 0 Å². The van der Waals surface area contributed by atoms with E-state index in [4.69, 9.17) is 0 Å². The van der Waals surface area contributed by atoms with E-state index in [2.05, 4.69) is 10.3 Å². The molecule has 0 radical (unpaired) electrons. The lowest BCUT2D eigenvalue weighted by atomic mass is 10.1. The smallest absolute Gasteiger partial charge is 0.351 e. The van der Waals surface area contributed by atoms with E-state index in [1.807, 2.05) is 0 Å². The summed E-state index contributed by atoms with van der Waals surface area (Å²) in [6, 6.07) is 2.22. The van der Waals surface area contributed by atoms with E-state index in [1.165, 1.54) is 10.4 Å². The van der Waals surface area contributed by atoms with Gasteiger partial charge in [0, 0.05) is 37.3 Å².